The Balaban J connectivity index is 1.94. The second-order valence-corrected chi connectivity index (χ2v) is 10.5. The molecule has 2 N–H and O–H groups in total. The van der Waals surface area contributed by atoms with Gasteiger partial charge in [-0.1, -0.05) is 19.1 Å². The third-order valence-electron chi connectivity index (χ3n) is 5.01. The van der Waals surface area contributed by atoms with Gasteiger partial charge in [0.25, 0.3) is 0 Å². The zero-order chi connectivity index (χ0) is 21.1. The van der Waals surface area contributed by atoms with Crippen molar-refractivity contribution in [1.29, 1.82) is 0 Å². The molecule has 1 aliphatic rings. The van der Waals surface area contributed by atoms with E-state index in [0.29, 0.717) is 30.4 Å². The number of nitrogens with one attached hydrogen (secondary N) is 2. The van der Waals surface area contributed by atoms with E-state index < -0.39 is 10.0 Å². The summed E-state index contributed by atoms with van der Waals surface area (Å²) in [5, 5.41) is 6.62. The molecule has 6 nitrogen and oxygen atoms in total. The SMILES string of the molecule is CCNC(=NCc1ccc(S(=O)(=O)N2CCCC(C)C2)cc1)NCCCCSC. The van der Waals surface area contributed by atoms with Crippen LogP contribution in [0.5, 0.6) is 0 Å². The highest BCUT2D eigenvalue weighted by molar-refractivity contribution is 7.98. The quantitative estimate of drug-likeness (QED) is 0.332. The van der Waals surface area contributed by atoms with Crippen molar-refractivity contribution < 1.29 is 8.42 Å². The van der Waals surface area contributed by atoms with Gasteiger partial charge in [0.1, 0.15) is 0 Å². The molecule has 1 heterocycles. The number of rotatable bonds is 10. The molecule has 0 aliphatic carbocycles. The van der Waals surface area contributed by atoms with Crippen molar-refractivity contribution in [2.24, 2.45) is 10.9 Å². The Morgan fingerprint density at radius 3 is 2.66 bits per heavy atom. The van der Waals surface area contributed by atoms with E-state index in [4.69, 9.17) is 0 Å². The molecule has 8 heteroatoms. The molecular formula is C21H36N4O2S2. The van der Waals surface area contributed by atoms with Gasteiger partial charge in [0.15, 0.2) is 5.96 Å². The van der Waals surface area contributed by atoms with Gasteiger partial charge in [0.2, 0.25) is 10.0 Å². The number of sulfonamides is 1. The van der Waals surface area contributed by atoms with Gasteiger partial charge >= 0.3 is 0 Å². The van der Waals surface area contributed by atoms with E-state index in [0.717, 1.165) is 43.9 Å². The van der Waals surface area contributed by atoms with Crippen molar-refractivity contribution >= 4 is 27.7 Å². The van der Waals surface area contributed by atoms with Gasteiger partial charge < -0.3 is 10.6 Å². The number of benzene rings is 1. The molecule has 0 bridgehead atoms. The van der Waals surface area contributed by atoms with Gasteiger partial charge in [-0.3, -0.25) is 0 Å². The fraction of sp³-hybridized carbons (Fsp3) is 0.667. The molecule has 0 spiro atoms. The van der Waals surface area contributed by atoms with Gasteiger partial charge in [-0.25, -0.2) is 13.4 Å². The second kappa shape index (κ2) is 12.4. The first-order valence-electron chi connectivity index (χ1n) is 10.6. The Labute approximate surface area is 181 Å². The van der Waals surface area contributed by atoms with Gasteiger partial charge in [0.05, 0.1) is 11.4 Å². The van der Waals surface area contributed by atoms with Crippen LogP contribution in [0.4, 0.5) is 0 Å². The Morgan fingerprint density at radius 2 is 2.00 bits per heavy atom. The number of piperidine rings is 1. The number of thioether (sulfide) groups is 1. The maximum absolute atomic E-state index is 12.9. The second-order valence-electron chi connectivity index (χ2n) is 7.58. The van der Waals surface area contributed by atoms with Crippen LogP contribution in [0.3, 0.4) is 0 Å². The standard InChI is InChI=1S/C21H36N4O2S2/c1-4-22-21(23-13-5-6-15-28-3)24-16-19-9-11-20(12-10-19)29(26,27)25-14-7-8-18(2)17-25/h9-12,18H,4-8,13-17H2,1-3H3,(H2,22,23,24). The first-order valence-corrected chi connectivity index (χ1v) is 13.4. The van der Waals surface area contributed by atoms with E-state index in [2.05, 4.69) is 28.8 Å². The van der Waals surface area contributed by atoms with Crippen LogP contribution < -0.4 is 10.6 Å². The van der Waals surface area contributed by atoms with E-state index in [1.54, 1.807) is 16.4 Å². The third-order valence-corrected chi connectivity index (χ3v) is 7.59. The molecule has 2 rings (SSSR count). The fourth-order valence-corrected chi connectivity index (χ4v) is 5.46. The molecule has 1 fully saturated rings. The molecule has 1 aromatic rings. The lowest BCUT2D eigenvalue weighted by Crippen LogP contribution is -2.39. The van der Waals surface area contributed by atoms with Crippen molar-refractivity contribution in [3.8, 4) is 0 Å². The summed E-state index contributed by atoms with van der Waals surface area (Å²) in [4.78, 5) is 5.00. The van der Waals surface area contributed by atoms with E-state index in [1.165, 1.54) is 12.2 Å². The maximum Gasteiger partial charge on any atom is 0.243 e. The summed E-state index contributed by atoms with van der Waals surface area (Å²) in [6.07, 6.45) is 6.47. The number of nitrogens with zero attached hydrogens (tertiary/aromatic N) is 2. The molecule has 0 amide bonds. The third kappa shape index (κ3) is 7.83. The fourth-order valence-electron chi connectivity index (χ4n) is 3.37. The van der Waals surface area contributed by atoms with Crippen LogP contribution in [0.2, 0.25) is 0 Å². The van der Waals surface area contributed by atoms with Gasteiger partial charge in [-0.2, -0.15) is 16.1 Å². The van der Waals surface area contributed by atoms with Gasteiger partial charge in [-0.15, -0.1) is 0 Å². The molecule has 29 heavy (non-hydrogen) atoms. The van der Waals surface area contributed by atoms with Gasteiger partial charge in [-0.05, 0) is 68.2 Å². The number of hydrogen-bond acceptors (Lipinski definition) is 4. The number of aliphatic imine (C=N–C) groups is 1. The van der Waals surface area contributed by atoms with Crippen LogP contribution in [0, 0.1) is 5.92 Å². The summed E-state index contributed by atoms with van der Waals surface area (Å²) < 4.78 is 27.4. The molecule has 0 radical (unpaired) electrons. The molecule has 1 aromatic carbocycles. The average Bonchev–Trinajstić information content (AvgIpc) is 2.72. The maximum atomic E-state index is 12.9. The van der Waals surface area contributed by atoms with E-state index in [-0.39, 0.29) is 0 Å². The summed E-state index contributed by atoms with van der Waals surface area (Å²) >= 11 is 1.87. The summed E-state index contributed by atoms with van der Waals surface area (Å²) in [5.74, 6) is 2.40. The van der Waals surface area contributed by atoms with Crippen LogP contribution >= 0.6 is 11.8 Å². The van der Waals surface area contributed by atoms with Crippen LogP contribution in [-0.2, 0) is 16.6 Å². The minimum absolute atomic E-state index is 0.373. The lowest BCUT2D eigenvalue weighted by atomic mass is 10.0. The van der Waals surface area contributed by atoms with Crippen LogP contribution in [-0.4, -0.2) is 56.9 Å². The largest absolute Gasteiger partial charge is 0.357 e. The summed E-state index contributed by atoms with van der Waals surface area (Å²) in [6, 6.07) is 7.15. The first kappa shape index (κ1) is 24.0. The lowest BCUT2D eigenvalue weighted by molar-refractivity contribution is 0.281. The minimum atomic E-state index is -3.40. The highest BCUT2D eigenvalue weighted by atomic mass is 32.2. The van der Waals surface area contributed by atoms with Crippen LogP contribution in [0.1, 0.15) is 45.1 Å². The first-order chi connectivity index (χ1) is 14.0. The summed E-state index contributed by atoms with van der Waals surface area (Å²) in [7, 11) is -3.40. The van der Waals surface area contributed by atoms with Crippen molar-refractivity contribution in [2.75, 3.05) is 38.2 Å². The molecule has 164 valence electrons. The highest BCUT2D eigenvalue weighted by Crippen LogP contribution is 2.23. The monoisotopic (exact) mass is 440 g/mol. The van der Waals surface area contributed by atoms with Crippen LogP contribution in [0.25, 0.3) is 0 Å². The molecule has 1 saturated heterocycles. The Morgan fingerprint density at radius 1 is 1.24 bits per heavy atom. The van der Waals surface area contributed by atoms with Crippen molar-refractivity contribution in [1.82, 2.24) is 14.9 Å². The van der Waals surface area contributed by atoms with Gasteiger partial charge in [0, 0.05) is 26.2 Å². The average molecular weight is 441 g/mol. The Bertz CT molecular complexity index is 736. The Kier molecular flexibility index (Phi) is 10.3. The smallest absolute Gasteiger partial charge is 0.243 e. The van der Waals surface area contributed by atoms with Crippen molar-refractivity contribution in [3.05, 3.63) is 29.8 Å². The van der Waals surface area contributed by atoms with E-state index in [9.17, 15) is 8.42 Å². The molecule has 1 aliphatic heterocycles. The minimum Gasteiger partial charge on any atom is -0.357 e. The molecule has 1 unspecified atom stereocenters. The summed E-state index contributed by atoms with van der Waals surface area (Å²) in [5.41, 5.74) is 0.996. The zero-order valence-electron chi connectivity index (χ0n) is 18.0. The molecule has 0 aromatic heterocycles. The van der Waals surface area contributed by atoms with E-state index >= 15 is 0 Å². The lowest BCUT2D eigenvalue weighted by Gasteiger charge is -2.30. The number of unbranched alkanes of at least 4 members (excludes halogenated alkanes) is 1. The van der Waals surface area contributed by atoms with Crippen molar-refractivity contribution in [2.45, 2.75) is 51.0 Å². The molecule has 0 saturated carbocycles. The molecular weight excluding hydrogens is 404 g/mol. The summed E-state index contributed by atoms with van der Waals surface area (Å²) in [6.45, 7) is 7.62. The Hall–Kier alpha value is -1.25. The predicted molar refractivity (Wildman–Crippen MR) is 124 cm³/mol. The zero-order valence-corrected chi connectivity index (χ0v) is 19.6. The number of hydrogen-bond donors (Lipinski definition) is 2. The van der Waals surface area contributed by atoms with Crippen LogP contribution in [0.15, 0.2) is 34.2 Å². The van der Waals surface area contributed by atoms with E-state index in [1.807, 2.05) is 30.8 Å². The molecule has 1 atom stereocenters. The normalized spacial score (nSPS) is 18.6. The highest BCUT2D eigenvalue weighted by Gasteiger charge is 2.28. The van der Waals surface area contributed by atoms with Crippen molar-refractivity contribution in [3.63, 3.8) is 0 Å². The topological polar surface area (TPSA) is 73.8 Å². The number of guanidine groups is 1. The predicted octanol–water partition coefficient (Wildman–Crippen LogP) is 3.31.